The smallest absolute Gasteiger partial charge is 0.219 e. The van der Waals surface area contributed by atoms with Crippen molar-refractivity contribution in [3.8, 4) is 0 Å². The SMILES string of the molecule is CNC(CC(N)=O)(Cc1ccccc1)Cc1ccccc1. The van der Waals surface area contributed by atoms with Crippen LogP contribution in [-0.4, -0.2) is 18.5 Å². The van der Waals surface area contributed by atoms with Crippen LogP contribution in [0, 0.1) is 0 Å². The van der Waals surface area contributed by atoms with Gasteiger partial charge in [-0.3, -0.25) is 4.79 Å². The second-order valence-electron chi connectivity index (χ2n) is 5.50. The Labute approximate surface area is 126 Å². The molecule has 0 spiro atoms. The summed E-state index contributed by atoms with van der Waals surface area (Å²) >= 11 is 0. The molecule has 3 N–H and O–H groups in total. The van der Waals surface area contributed by atoms with Crippen molar-refractivity contribution in [2.75, 3.05) is 7.05 Å². The van der Waals surface area contributed by atoms with Crippen LogP contribution < -0.4 is 11.1 Å². The molecule has 0 fully saturated rings. The minimum absolute atomic E-state index is 0.281. The van der Waals surface area contributed by atoms with Gasteiger partial charge in [0.25, 0.3) is 0 Å². The summed E-state index contributed by atoms with van der Waals surface area (Å²) in [5.41, 5.74) is 7.53. The van der Waals surface area contributed by atoms with Crippen molar-refractivity contribution < 1.29 is 4.79 Å². The van der Waals surface area contributed by atoms with Crippen LogP contribution in [0.15, 0.2) is 60.7 Å². The first kappa shape index (κ1) is 15.3. The lowest BCUT2D eigenvalue weighted by Crippen LogP contribution is -2.49. The fourth-order valence-electron chi connectivity index (χ4n) is 2.76. The third kappa shape index (κ3) is 4.43. The van der Waals surface area contributed by atoms with E-state index < -0.39 is 0 Å². The highest BCUT2D eigenvalue weighted by molar-refractivity contribution is 5.75. The molecule has 2 aromatic carbocycles. The van der Waals surface area contributed by atoms with Crippen molar-refractivity contribution in [1.82, 2.24) is 5.32 Å². The molecule has 0 aliphatic rings. The Kier molecular flexibility index (Phi) is 5.12. The van der Waals surface area contributed by atoms with E-state index in [9.17, 15) is 4.79 Å². The van der Waals surface area contributed by atoms with Crippen molar-refractivity contribution in [2.45, 2.75) is 24.8 Å². The number of carbonyl (C=O) groups excluding carboxylic acids is 1. The number of nitrogens with one attached hydrogen (secondary N) is 1. The molecule has 0 unspecified atom stereocenters. The Balaban J connectivity index is 2.26. The van der Waals surface area contributed by atoms with E-state index in [1.807, 2.05) is 43.4 Å². The van der Waals surface area contributed by atoms with Crippen molar-refractivity contribution >= 4 is 5.91 Å². The van der Waals surface area contributed by atoms with Crippen LogP contribution in [0.2, 0.25) is 0 Å². The standard InChI is InChI=1S/C18H22N2O/c1-20-18(14-17(19)21,12-15-8-4-2-5-9-15)13-16-10-6-3-7-11-16/h2-11,20H,12-14H2,1H3,(H2,19,21). The molecule has 0 atom stereocenters. The molecule has 0 saturated carbocycles. The Hall–Kier alpha value is -2.13. The monoisotopic (exact) mass is 282 g/mol. The topological polar surface area (TPSA) is 55.1 Å². The molecule has 0 aliphatic heterocycles. The van der Waals surface area contributed by atoms with Crippen LogP contribution in [-0.2, 0) is 17.6 Å². The summed E-state index contributed by atoms with van der Waals surface area (Å²) in [6.45, 7) is 0. The first-order valence-corrected chi connectivity index (χ1v) is 7.19. The van der Waals surface area contributed by atoms with Gasteiger partial charge in [0.05, 0.1) is 0 Å². The van der Waals surface area contributed by atoms with Crippen LogP contribution in [0.4, 0.5) is 0 Å². The van der Waals surface area contributed by atoms with Crippen molar-refractivity contribution in [3.63, 3.8) is 0 Å². The highest BCUT2D eigenvalue weighted by Crippen LogP contribution is 2.22. The molecule has 0 bridgehead atoms. The quantitative estimate of drug-likeness (QED) is 0.818. The molecule has 21 heavy (non-hydrogen) atoms. The normalized spacial score (nSPS) is 11.3. The summed E-state index contributed by atoms with van der Waals surface area (Å²) in [6.07, 6.45) is 1.84. The number of benzene rings is 2. The molecule has 2 rings (SSSR count). The van der Waals surface area contributed by atoms with Gasteiger partial charge in [-0.1, -0.05) is 60.7 Å². The van der Waals surface area contributed by atoms with Gasteiger partial charge < -0.3 is 11.1 Å². The van der Waals surface area contributed by atoms with Crippen LogP contribution >= 0.6 is 0 Å². The van der Waals surface area contributed by atoms with Crippen LogP contribution in [0.25, 0.3) is 0 Å². The average Bonchev–Trinajstić information content (AvgIpc) is 2.48. The molecule has 110 valence electrons. The van der Waals surface area contributed by atoms with E-state index in [1.165, 1.54) is 11.1 Å². The van der Waals surface area contributed by atoms with Gasteiger partial charge in [0.15, 0.2) is 0 Å². The molecule has 0 heterocycles. The van der Waals surface area contributed by atoms with E-state index in [0.29, 0.717) is 6.42 Å². The maximum absolute atomic E-state index is 11.5. The first-order valence-electron chi connectivity index (χ1n) is 7.19. The summed E-state index contributed by atoms with van der Waals surface area (Å²) in [7, 11) is 1.90. The number of primary amides is 1. The number of rotatable bonds is 7. The summed E-state index contributed by atoms with van der Waals surface area (Å²) in [5, 5.41) is 3.34. The van der Waals surface area contributed by atoms with E-state index >= 15 is 0 Å². The summed E-state index contributed by atoms with van der Waals surface area (Å²) in [5.74, 6) is -0.281. The Morgan fingerprint density at radius 1 is 0.952 bits per heavy atom. The molecule has 0 aliphatic carbocycles. The summed E-state index contributed by atoms with van der Waals surface area (Å²) in [6, 6.07) is 20.4. The summed E-state index contributed by atoms with van der Waals surface area (Å²) < 4.78 is 0. The molecular formula is C18H22N2O. The van der Waals surface area contributed by atoms with E-state index in [4.69, 9.17) is 5.73 Å². The van der Waals surface area contributed by atoms with E-state index in [-0.39, 0.29) is 11.4 Å². The van der Waals surface area contributed by atoms with Crippen LogP contribution in [0.5, 0.6) is 0 Å². The lowest BCUT2D eigenvalue weighted by molar-refractivity contribution is -0.119. The molecule has 1 amide bonds. The minimum Gasteiger partial charge on any atom is -0.370 e. The Morgan fingerprint density at radius 3 is 1.71 bits per heavy atom. The molecule has 3 nitrogen and oxygen atoms in total. The zero-order valence-corrected chi connectivity index (χ0v) is 12.4. The van der Waals surface area contributed by atoms with Gasteiger partial charge in [-0.25, -0.2) is 0 Å². The fourth-order valence-corrected chi connectivity index (χ4v) is 2.76. The predicted octanol–water partition coefficient (Wildman–Crippen LogP) is 2.31. The zero-order chi connectivity index (χ0) is 15.1. The zero-order valence-electron chi connectivity index (χ0n) is 12.4. The third-order valence-electron chi connectivity index (χ3n) is 3.81. The number of likely N-dealkylation sites (N-methyl/N-ethyl adjacent to an activating group) is 1. The maximum atomic E-state index is 11.5. The molecule has 0 aromatic heterocycles. The van der Waals surface area contributed by atoms with Gasteiger partial charge in [0, 0.05) is 12.0 Å². The lowest BCUT2D eigenvalue weighted by Gasteiger charge is -2.33. The molecule has 0 saturated heterocycles. The highest BCUT2D eigenvalue weighted by Gasteiger charge is 2.30. The van der Waals surface area contributed by atoms with Gasteiger partial charge in [-0.05, 0) is 31.0 Å². The number of nitrogens with two attached hydrogens (primary N) is 1. The van der Waals surface area contributed by atoms with E-state index in [0.717, 1.165) is 12.8 Å². The van der Waals surface area contributed by atoms with Crippen molar-refractivity contribution in [2.24, 2.45) is 5.73 Å². The predicted molar refractivity (Wildman–Crippen MR) is 85.9 cm³/mol. The van der Waals surface area contributed by atoms with Crippen molar-refractivity contribution in [1.29, 1.82) is 0 Å². The highest BCUT2D eigenvalue weighted by atomic mass is 16.1. The molecule has 0 radical (unpaired) electrons. The Bertz CT molecular complexity index is 525. The fraction of sp³-hybridized carbons (Fsp3) is 0.278. The van der Waals surface area contributed by atoms with E-state index in [2.05, 4.69) is 29.6 Å². The average molecular weight is 282 g/mol. The first-order chi connectivity index (χ1) is 10.1. The number of amides is 1. The van der Waals surface area contributed by atoms with Gasteiger partial charge in [0.2, 0.25) is 5.91 Å². The lowest BCUT2D eigenvalue weighted by atomic mass is 9.82. The summed E-state index contributed by atoms with van der Waals surface area (Å²) in [4.78, 5) is 11.5. The second kappa shape index (κ2) is 7.04. The minimum atomic E-state index is -0.353. The molecular weight excluding hydrogens is 260 g/mol. The molecule has 2 aromatic rings. The number of carbonyl (C=O) groups is 1. The van der Waals surface area contributed by atoms with Gasteiger partial charge in [-0.15, -0.1) is 0 Å². The second-order valence-corrected chi connectivity index (χ2v) is 5.50. The number of hydrogen-bond donors (Lipinski definition) is 2. The van der Waals surface area contributed by atoms with Gasteiger partial charge in [0.1, 0.15) is 0 Å². The third-order valence-corrected chi connectivity index (χ3v) is 3.81. The number of hydrogen-bond acceptors (Lipinski definition) is 2. The molecule has 3 heteroatoms. The van der Waals surface area contributed by atoms with E-state index in [1.54, 1.807) is 0 Å². The Morgan fingerprint density at radius 2 is 1.38 bits per heavy atom. The largest absolute Gasteiger partial charge is 0.370 e. The van der Waals surface area contributed by atoms with Gasteiger partial charge >= 0.3 is 0 Å². The van der Waals surface area contributed by atoms with Crippen molar-refractivity contribution in [3.05, 3.63) is 71.8 Å². The maximum Gasteiger partial charge on any atom is 0.219 e. The van der Waals surface area contributed by atoms with Gasteiger partial charge in [-0.2, -0.15) is 0 Å². The van der Waals surface area contributed by atoms with Crippen LogP contribution in [0.1, 0.15) is 17.5 Å². The van der Waals surface area contributed by atoms with Crippen LogP contribution in [0.3, 0.4) is 0 Å².